The van der Waals surface area contributed by atoms with Crippen molar-refractivity contribution in [3.63, 3.8) is 0 Å². The van der Waals surface area contributed by atoms with Crippen molar-refractivity contribution < 1.29 is 0 Å². The van der Waals surface area contributed by atoms with Gasteiger partial charge in [0.05, 0.1) is 21.3 Å². The average molecular weight is 433 g/mol. The van der Waals surface area contributed by atoms with Gasteiger partial charge in [-0.05, 0) is 62.5 Å². The summed E-state index contributed by atoms with van der Waals surface area (Å²) >= 11 is 7.04. The van der Waals surface area contributed by atoms with Gasteiger partial charge < -0.3 is 16.0 Å². The highest BCUT2D eigenvalue weighted by Gasteiger charge is 2.10. The smallest absolute Gasteiger partial charge is 0.227 e. The molecule has 0 unspecified atom stereocenters. The fraction of sp³-hybridized carbons (Fsp3) is 0.0909. The number of para-hydroxylation sites is 1. The number of aromatic nitrogens is 3. The van der Waals surface area contributed by atoms with Crippen LogP contribution < -0.4 is 16.0 Å². The maximum Gasteiger partial charge on any atom is 0.227 e. The normalized spacial score (nSPS) is 10.5. The van der Waals surface area contributed by atoms with Crippen molar-refractivity contribution in [1.82, 2.24) is 15.0 Å². The van der Waals surface area contributed by atoms with Gasteiger partial charge in [-0.15, -0.1) is 11.3 Å². The minimum Gasteiger partial charge on any atom is -0.332 e. The van der Waals surface area contributed by atoms with E-state index in [0.29, 0.717) is 11.1 Å². The lowest BCUT2D eigenvalue weighted by atomic mass is 10.2. The first-order chi connectivity index (χ1) is 14.6. The second-order valence-corrected chi connectivity index (χ2v) is 8.18. The van der Waals surface area contributed by atoms with Gasteiger partial charge >= 0.3 is 0 Å². The zero-order valence-electron chi connectivity index (χ0n) is 16.5. The molecule has 0 atom stereocenters. The predicted octanol–water partition coefficient (Wildman–Crippen LogP) is 5.77. The van der Waals surface area contributed by atoms with Crippen LogP contribution in [0.4, 0.5) is 23.0 Å². The SMILES string of the molecule is Cc1nc(C)c(-c2ccnc(Nc3cccc(NC(=S)Nc4ccccc4)c3)n2)s1. The predicted molar refractivity (Wildman–Crippen MR) is 129 cm³/mol. The maximum absolute atomic E-state index is 5.40. The Balaban J connectivity index is 1.46. The molecule has 4 rings (SSSR count). The van der Waals surface area contributed by atoms with Crippen molar-refractivity contribution in [2.75, 3.05) is 16.0 Å². The largest absolute Gasteiger partial charge is 0.332 e. The number of aryl methyl sites for hydroxylation is 2. The van der Waals surface area contributed by atoms with Gasteiger partial charge in [-0.1, -0.05) is 24.3 Å². The van der Waals surface area contributed by atoms with Crippen LogP contribution in [0, 0.1) is 13.8 Å². The Morgan fingerprint density at radius 1 is 0.867 bits per heavy atom. The van der Waals surface area contributed by atoms with E-state index in [1.165, 1.54) is 0 Å². The Kier molecular flexibility index (Phi) is 5.97. The molecule has 0 spiro atoms. The van der Waals surface area contributed by atoms with E-state index in [-0.39, 0.29) is 0 Å². The summed E-state index contributed by atoms with van der Waals surface area (Å²) in [5, 5.41) is 11.2. The van der Waals surface area contributed by atoms with Crippen LogP contribution in [0.15, 0.2) is 66.9 Å². The van der Waals surface area contributed by atoms with E-state index in [9.17, 15) is 0 Å². The third-order valence-corrected chi connectivity index (χ3v) is 5.50. The van der Waals surface area contributed by atoms with Gasteiger partial charge in [0.1, 0.15) is 0 Å². The lowest BCUT2D eigenvalue weighted by Crippen LogP contribution is -2.18. The van der Waals surface area contributed by atoms with E-state index < -0.39 is 0 Å². The molecule has 0 saturated carbocycles. The van der Waals surface area contributed by atoms with Crippen molar-refractivity contribution >= 4 is 51.7 Å². The molecule has 150 valence electrons. The number of thiocarbonyl (C=S) groups is 1. The molecule has 0 aliphatic rings. The number of nitrogens with one attached hydrogen (secondary N) is 3. The fourth-order valence-electron chi connectivity index (χ4n) is 2.93. The summed E-state index contributed by atoms with van der Waals surface area (Å²) in [5.41, 5.74) is 4.49. The van der Waals surface area contributed by atoms with Gasteiger partial charge in [0.2, 0.25) is 5.95 Å². The van der Waals surface area contributed by atoms with Crippen LogP contribution in [-0.4, -0.2) is 20.1 Å². The summed E-state index contributed by atoms with van der Waals surface area (Å²) in [6.07, 6.45) is 1.75. The van der Waals surface area contributed by atoms with E-state index in [1.807, 2.05) is 74.5 Å². The third-order valence-electron chi connectivity index (χ3n) is 4.20. The minimum absolute atomic E-state index is 0.521. The molecule has 2 aromatic carbocycles. The van der Waals surface area contributed by atoms with Crippen LogP contribution in [-0.2, 0) is 0 Å². The van der Waals surface area contributed by atoms with E-state index in [4.69, 9.17) is 12.2 Å². The standard InChI is InChI=1S/C22H20N6S2/c1-14-20(30-15(2)24-14)19-11-12-23-21(28-19)25-17-9-6-10-18(13-17)27-22(29)26-16-7-4-3-5-8-16/h3-13H,1-2H3,(H,23,25,28)(H2,26,27,29). The number of benzene rings is 2. The lowest BCUT2D eigenvalue weighted by Gasteiger charge is -2.12. The summed E-state index contributed by atoms with van der Waals surface area (Å²) in [6.45, 7) is 3.99. The van der Waals surface area contributed by atoms with Crippen LogP contribution in [0.25, 0.3) is 10.6 Å². The van der Waals surface area contributed by atoms with E-state index in [0.717, 1.165) is 38.3 Å². The quantitative estimate of drug-likeness (QED) is 0.346. The van der Waals surface area contributed by atoms with Crippen molar-refractivity contribution in [3.8, 4) is 10.6 Å². The number of hydrogen-bond donors (Lipinski definition) is 3. The summed E-state index contributed by atoms with van der Waals surface area (Å²) in [5.74, 6) is 0.528. The van der Waals surface area contributed by atoms with Crippen molar-refractivity contribution in [3.05, 3.63) is 77.6 Å². The number of nitrogens with zero attached hydrogens (tertiary/aromatic N) is 3. The summed E-state index contributed by atoms with van der Waals surface area (Å²) in [4.78, 5) is 14.5. The monoisotopic (exact) mass is 432 g/mol. The zero-order valence-corrected chi connectivity index (χ0v) is 18.1. The number of hydrogen-bond acceptors (Lipinski definition) is 6. The van der Waals surface area contributed by atoms with Crippen molar-refractivity contribution in [2.24, 2.45) is 0 Å². The van der Waals surface area contributed by atoms with Gasteiger partial charge in [0.15, 0.2) is 5.11 Å². The highest BCUT2D eigenvalue weighted by atomic mass is 32.1. The van der Waals surface area contributed by atoms with Gasteiger partial charge in [-0.25, -0.2) is 15.0 Å². The molecule has 4 aromatic rings. The van der Waals surface area contributed by atoms with Crippen LogP contribution >= 0.6 is 23.6 Å². The van der Waals surface area contributed by atoms with Crippen molar-refractivity contribution in [2.45, 2.75) is 13.8 Å². The number of thiazole rings is 1. The molecule has 0 saturated heterocycles. The van der Waals surface area contributed by atoms with Gasteiger partial charge in [0.25, 0.3) is 0 Å². The molecule has 0 aliphatic carbocycles. The lowest BCUT2D eigenvalue weighted by molar-refractivity contribution is 1.16. The van der Waals surface area contributed by atoms with E-state index in [2.05, 4.69) is 30.9 Å². The Morgan fingerprint density at radius 3 is 2.37 bits per heavy atom. The van der Waals surface area contributed by atoms with E-state index in [1.54, 1.807) is 17.5 Å². The molecule has 0 fully saturated rings. The van der Waals surface area contributed by atoms with Crippen LogP contribution in [0.1, 0.15) is 10.7 Å². The maximum atomic E-state index is 5.40. The fourth-order valence-corrected chi connectivity index (χ4v) is 4.06. The van der Waals surface area contributed by atoms with Crippen molar-refractivity contribution in [1.29, 1.82) is 0 Å². The van der Waals surface area contributed by atoms with Crippen LogP contribution in [0.2, 0.25) is 0 Å². The molecule has 8 heteroatoms. The molecule has 2 aromatic heterocycles. The summed E-state index contributed by atoms with van der Waals surface area (Å²) < 4.78 is 0. The zero-order chi connectivity index (χ0) is 20.9. The average Bonchev–Trinajstić information content (AvgIpc) is 3.07. The van der Waals surface area contributed by atoms with Crippen LogP contribution in [0.5, 0.6) is 0 Å². The first-order valence-electron chi connectivity index (χ1n) is 9.34. The number of anilines is 4. The second-order valence-electron chi connectivity index (χ2n) is 6.56. The Bertz CT molecular complexity index is 1170. The molecule has 2 heterocycles. The van der Waals surface area contributed by atoms with E-state index >= 15 is 0 Å². The molecule has 0 amide bonds. The second kappa shape index (κ2) is 8.98. The summed E-state index contributed by atoms with van der Waals surface area (Å²) in [6, 6.07) is 19.5. The Morgan fingerprint density at radius 2 is 1.60 bits per heavy atom. The first kappa shape index (κ1) is 19.9. The first-order valence-corrected chi connectivity index (χ1v) is 10.6. The molecule has 0 bridgehead atoms. The Hall–Kier alpha value is -3.36. The molecule has 3 N–H and O–H groups in total. The van der Waals surface area contributed by atoms with Crippen LogP contribution in [0.3, 0.4) is 0 Å². The molecule has 30 heavy (non-hydrogen) atoms. The van der Waals surface area contributed by atoms with Gasteiger partial charge in [-0.2, -0.15) is 0 Å². The highest BCUT2D eigenvalue weighted by molar-refractivity contribution is 7.80. The molecular formula is C22H20N6S2. The Labute approximate surface area is 184 Å². The van der Waals surface area contributed by atoms with Gasteiger partial charge in [0, 0.05) is 23.3 Å². The van der Waals surface area contributed by atoms with Gasteiger partial charge in [-0.3, -0.25) is 0 Å². The third kappa shape index (κ3) is 4.97. The highest BCUT2D eigenvalue weighted by Crippen LogP contribution is 2.29. The molecule has 0 aliphatic heterocycles. The molecule has 0 radical (unpaired) electrons. The number of rotatable bonds is 5. The topological polar surface area (TPSA) is 74.8 Å². The summed E-state index contributed by atoms with van der Waals surface area (Å²) in [7, 11) is 0. The molecule has 6 nitrogen and oxygen atoms in total. The molecular weight excluding hydrogens is 412 g/mol. The minimum atomic E-state index is 0.521.